The van der Waals surface area contributed by atoms with E-state index in [1.165, 1.54) is 64.9 Å². The van der Waals surface area contributed by atoms with E-state index in [1.807, 2.05) is 29.5 Å². The minimum Gasteiger partial charge on any atom is -0.332 e. The zero-order valence-electron chi connectivity index (χ0n) is 26.1. The van der Waals surface area contributed by atoms with Gasteiger partial charge in [0.1, 0.15) is 6.07 Å². The fourth-order valence-electron chi connectivity index (χ4n) is 8.86. The van der Waals surface area contributed by atoms with E-state index in [9.17, 15) is 5.26 Å². The first-order valence-corrected chi connectivity index (χ1v) is 17.7. The normalized spacial score (nSPS) is 23.3. The highest BCUT2D eigenvalue weighted by atomic mass is 32.1. The monoisotopic (exact) mass is 623 g/mol. The third-order valence-electron chi connectivity index (χ3n) is 10.9. The van der Waals surface area contributed by atoms with Gasteiger partial charge in [0.25, 0.3) is 0 Å². The van der Waals surface area contributed by atoms with Crippen LogP contribution < -0.4 is 14.7 Å². The van der Waals surface area contributed by atoms with Crippen LogP contribution in [0, 0.1) is 17.2 Å². The van der Waals surface area contributed by atoms with Gasteiger partial charge < -0.3 is 9.80 Å². The molecular formula is C43H33N3S. The zero-order chi connectivity index (χ0) is 31.1. The van der Waals surface area contributed by atoms with Gasteiger partial charge in [0, 0.05) is 44.7 Å². The molecular weight excluding hydrogens is 591 g/mol. The largest absolute Gasteiger partial charge is 0.332 e. The highest BCUT2D eigenvalue weighted by Crippen LogP contribution is 2.51. The Morgan fingerprint density at radius 1 is 0.851 bits per heavy atom. The number of nitriles is 1. The maximum absolute atomic E-state index is 10.1. The predicted octanol–water partition coefficient (Wildman–Crippen LogP) is 9.23. The summed E-state index contributed by atoms with van der Waals surface area (Å²) in [7, 11) is 0. The van der Waals surface area contributed by atoms with Gasteiger partial charge in [-0.25, -0.2) is 0 Å². The van der Waals surface area contributed by atoms with Crippen LogP contribution in [0.2, 0.25) is 0 Å². The van der Waals surface area contributed by atoms with E-state index < -0.39 is 0 Å². The molecule has 0 amide bonds. The Balaban J connectivity index is 1.16. The molecule has 3 unspecified atom stereocenters. The SMILES string of the molecule is N#Cc1ccccc1N1c2cc(-c3cccc4c5c(sc34)=C(N3C4=CC=CCC4C4=C3CCC=C4)CCC=5)ccc2C2C=CC=CC21. The van der Waals surface area contributed by atoms with Crippen LogP contribution in [-0.4, -0.2) is 10.9 Å². The van der Waals surface area contributed by atoms with Gasteiger partial charge in [-0.05, 0) is 83.9 Å². The van der Waals surface area contributed by atoms with E-state index in [0.717, 1.165) is 37.8 Å². The Bertz CT molecular complexity index is 2390. The summed E-state index contributed by atoms with van der Waals surface area (Å²) < 4.78 is 2.79. The molecule has 4 heteroatoms. The minimum atomic E-state index is 0.151. The van der Waals surface area contributed by atoms with Gasteiger partial charge >= 0.3 is 0 Å². The fourth-order valence-corrected chi connectivity index (χ4v) is 10.3. The Hall–Kier alpha value is -5.11. The number of allylic oxidation sites excluding steroid dienone is 9. The number of thiophene rings is 1. The third kappa shape index (κ3) is 3.90. The van der Waals surface area contributed by atoms with E-state index in [4.69, 9.17) is 0 Å². The van der Waals surface area contributed by atoms with Crippen LogP contribution in [0.15, 0.2) is 132 Å². The Morgan fingerprint density at radius 2 is 1.77 bits per heavy atom. The molecule has 3 atom stereocenters. The molecule has 0 saturated carbocycles. The topological polar surface area (TPSA) is 30.3 Å². The summed E-state index contributed by atoms with van der Waals surface area (Å²) in [5.74, 6) is 0.738. The van der Waals surface area contributed by atoms with Crippen LogP contribution in [0.5, 0.6) is 0 Å². The summed E-state index contributed by atoms with van der Waals surface area (Å²) in [6, 6.07) is 24.5. The van der Waals surface area contributed by atoms with Crippen molar-refractivity contribution in [2.45, 2.75) is 44.1 Å². The van der Waals surface area contributed by atoms with Gasteiger partial charge in [-0.3, -0.25) is 0 Å². The molecule has 2 aliphatic heterocycles. The van der Waals surface area contributed by atoms with Crippen LogP contribution in [0.25, 0.3) is 33.0 Å². The Labute approximate surface area is 279 Å². The molecule has 3 nitrogen and oxygen atoms in total. The molecule has 0 bridgehead atoms. The summed E-state index contributed by atoms with van der Waals surface area (Å²) in [5, 5.41) is 12.8. The van der Waals surface area contributed by atoms with E-state index in [2.05, 4.69) is 119 Å². The molecule has 0 fully saturated rings. The lowest BCUT2D eigenvalue weighted by Crippen LogP contribution is -2.32. The second-order valence-electron chi connectivity index (χ2n) is 13.3. The average molecular weight is 624 g/mol. The number of para-hydroxylation sites is 1. The van der Waals surface area contributed by atoms with Crippen molar-refractivity contribution in [3.05, 3.63) is 153 Å². The predicted molar refractivity (Wildman–Crippen MR) is 194 cm³/mol. The molecule has 4 aliphatic carbocycles. The molecule has 6 aliphatic rings. The van der Waals surface area contributed by atoms with Crippen LogP contribution in [0.4, 0.5) is 11.4 Å². The second-order valence-corrected chi connectivity index (χ2v) is 14.3. The van der Waals surface area contributed by atoms with Crippen LogP contribution in [0.1, 0.15) is 49.1 Å². The number of benzene rings is 3. The first-order chi connectivity index (χ1) is 23.3. The lowest BCUT2D eigenvalue weighted by atomic mass is 9.89. The molecule has 0 N–H and O–H groups in total. The summed E-state index contributed by atoms with van der Waals surface area (Å²) in [6.45, 7) is 0. The van der Waals surface area contributed by atoms with E-state index in [1.54, 1.807) is 0 Å². The first-order valence-electron chi connectivity index (χ1n) is 16.9. The maximum Gasteiger partial charge on any atom is 0.101 e. The highest BCUT2D eigenvalue weighted by molar-refractivity contribution is 7.17. The van der Waals surface area contributed by atoms with E-state index in [0.29, 0.717) is 11.5 Å². The smallest absolute Gasteiger partial charge is 0.101 e. The average Bonchev–Trinajstić information content (AvgIpc) is 3.79. The third-order valence-corrected chi connectivity index (χ3v) is 12.2. The lowest BCUT2D eigenvalue weighted by molar-refractivity contribution is 0.532. The molecule has 0 saturated heterocycles. The van der Waals surface area contributed by atoms with E-state index >= 15 is 0 Å². The van der Waals surface area contributed by atoms with Crippen molar-refractivity contribution < 1.29 is 0 Å². The number of hydrogen-bond acceptors (Lipinski definition) is 4. The molecule has 3 heterocycles. The van der Waals surface area contributed by atoms with Crippen molar-refractivity contribution in [1.82, 2.24) is 4.90 Å². The van der Waals surface area contributed by atoms with Gasteiger partial charge in [-0.2, -0.15) is 5.26 Å². The van der Waals surface area contributed by atoms with Crippen molar-refractivity contribution >= 4 is 44.6 Å². The number of nitrogens with zero attached hydrogens (tertiary/aromatic N) is 3. The van der Waals surface area contributed by atoms with Gasteiger partial charge in [0.15, 0.2) is 0 Å². The molecule has 10 rings (SSSR count). The van der Waals surface area contributed by atoms with Gasteiger partial charge in [0.05, 0.1) is 21.8 Å². The van der Waals surface area contributed by atoms with Crippen molar-refractivity contribution in [2.24, 2.45) is 5.92 Å². The molecule has 47 heavy (non-hydrogen) atoms. The molecule has 3 aromatic carbocycles. The fraction of sp³-hybridized carbons (Fsp3) is 0.186. The van der Waals surface area contributed by atoms with Gasteiger partial charge in [-0.1, -0.05) is 97.1 Å². The summed E-state index contributed by atoms with van der Waals surface area (Å²) in [5.41, 5.74) is 12.7. The summed E-state index contributed by atoms with van der Waals surface area (Å²) >= 11 is 1.98. The zero-order valence-corrected chi connectivity index (χ0v) is 26.9. The Kier molecular flexibility index (Phi) is 6.02. The van der Waals surface area contributed by atoms with Crippen molar-refractivity contribution in [3.8, 4) is 17.2 Å². The Morgan fingerprint density at radius 3 is 2.72 bits per heavy atom. The quantitative estimate of drug-likeness (QED) is 0.228. The van der Waals surface area contributed by atoms with E-state index in [-0.39, 0.29) is 12.0 Å². The van der Waals surface area contributed by atoms with Crippen molar-refractivity contribution in [3.63, 3.8) is 0 Å². The highest BCUT2D eigenvalue weighted by Gasteiger charge is 2.39. The molecule has 4 aromatic rings. The molecule has 1 aromatic heterocycles. The minimum absolute atomic E-state index is 0.151. The van der Waals surface area contributed by atoms with Crippen molar-refractivity contribution in [2.75, 3.05) is 4.90 Å². The first kappa shape index (κ1) is 27.0. The standard InChI is InChI=1S/C43H33N3S/c44-26-28-11-1-5-18-36(28)45-37-19-6-4-14-32(37)33-24-23-27(25-41(33)45)29-15-9-16-34-35-17-10-22-40(43(35)47-42(29)34)46-38-20-7-2-12-30(38)31-13-3-8-21-39(31)46/h1-7,9,11,13-20,23-25,30,32,37H,8,10,12,21-22H2. The molecule has 0 radical (unpaired) electrons. The van der Waals surface area contributed by atoms with Gasteiger partial charge in [-0.15, -0.1) is 11.3 Å². The van der Waals surface area contributed by atoms with Crippen LogP contribution >= 0.6 is 11.3 Å². The van der Waals surface area contributed by atoms with Crippen LogP contribution in [0.3, 0.4) is 0 Å². The second kappa shape index (κ2) is 10.5. The van der Waals surface area contributed by atoms with Gasteiger partial charge in [0.2, 0.25) is 0 Å². The number of anilines is 2. The number of fused-ring (bicyclic) bond motifs is 8. The maximum atomic E-state index is 10.1. The molecule has 226 valence electrons. The molecule has 0 spiro atoms. The summed E-state index contributed by atoms with van der Waals surface area (Å²) in [4.78, 5) is 5.07. The number of hydrogen-bond donors (Lipinski definition) is 0. The number of rotatable bonds is 3. The summed E-state index contributed by atoms with van der Waals surface area (Å²) in [6.07, 6.45) is 28.6. The lowest BCUT2D eigenvalue weighted by Gasteiger charge is -2.30. The van der Waals surface area contributed by atoms with Crippen LogP contribution in [-0.2, 0) is 0 Å². The van der Waals surface area contributed by atoms with Crippen molar-refractivity contribution in [1.29, 1.82) is 5.26 Å².